The van der Waals surface area contributed by atoms with Crippen molar-refractivity contribution in [1.29, 1.82) is 0 Å². The molecule has 2 N–H and O–H groups in total. The molecule has 0 heterocycles. The minimum atomic E-state index is -1.30. The van der Waals surface area contributed by atoms with Crippen LogP contribution in [0.3, 0.4) is 0 Å². The summed E-state index contributed by atoms with van der Waals surface area (Å²) in [5, 5.41) is 18.8. The van der Waals surface area contributed by atoms with Gasteiger partial charge >= 0.3 is 0 Å². The molecular weight excluding hydrogens is 467 g/mol. The number of nitro groups is 1. The number of amides is 1. The lowest BCUT2D eigenvalue weighted by Gasteiger charge is -2.37. The minimum absolute atomic E-state index is 0.0474. The molecule has 172 valence electrons. The first-order valence-electron chi connectivity index (χ1n) is 10.3. The van der Waals surface area contributed by atoms with Gasteiger partial charge in [0.05, 0.1) is 21.3 Å². The molecular formula is C23H22Cl2N4O4. The molecule has 2 aliphatic carbocycles. The molecule has 8 nitrogen and oxygen atoms in total. The van der Waals surface area contributed by atoms with Gasteiger partial charge in [-0.1, -0.05) is 44.0 Å². The van der Waals surface area contributed by atoms with E-state index in [1.807, 2.05) is 20.8 Å². The molecule has 2 unspecified atom stereocenters. The van der Waals surface area contributed by atoms with Gasteiger partial charge in [0, 0.05) is 22.6 Å². The molecule has 2 saturated carbocycles. The number of halogens is 2. The van der Waals surface area contributed by atoms with Crippen molar-refractivity contribution in [2.45, 2.75) is 33.6 Å². The van der Waals surface area contributed by atoms with Gasteiger partial charge in [-0.05, 0) is 48.6 Å². The zero-order valence-corrected chi connectivity index (χ0v) is 19.8. The third-order valence-corrected chi connectivity index (χ3v) is 8.06. The Morgan fingerprint density at radius 1 is 1.09 bits per heavy atom. The smallest absolute Gasteiger partial charge is 0.269 e. The van der Waals surface area contributed by atoms with Crippen LogP contribution < -0.4 is 10.7 Å². The van der Waals surface area contributed by atoms with Crippen LogP contribution in [0.25, 0.3) is 0 Å². The third-order valence-electron chi connectivity index (χ3n) is 7.51. The van der Waals surface area contributed by atoms with Crippen molar-refractivity contribution >= 4 is 57.7 Å². The topological polar surface area (TPSA) is 114 Å². The predicted octanol–water partition coefficient (Wildman–Crippen LogP) is 5.70. The van der Waals surface area contributed by atoms with Crippen LogP contribution in [-0.2, 0) is 9.59 Å². The van der Waals surface area contributed by atoms with Crippen molar-refractivity contribution in [3.05, 3.63) is 62.6 Å². The molecule has 4 rings (SSSR count). The van der Waals surface area contributed by atoms with Gasteiger partial charge in [0.15, 0.2) is 5.78 Å². The van der Waals surface area contributed by atoms with E-state index in [9.17, 15) is 19.7 Å². The number of nitrogens with one attached hydrogen (secondary N) is 2. The number of rotatable bonds is 5. The molecule has 0 aliphatic heterocycles. The summed E-state index contributed by atoms with van der Waals surface area (Å²) in [6.07, 6.45) is 0.997. The van der Waals surface area contributed by atoms with Gasteiger partial charge in [-0.2, -0.15) is 5.10 Å². The second-order valence-electron chi connectivity index (χ2n) is 9.15. The number of non-ortho nitro benzene ring substituents is 1. The number of anilines is 2. The summed E-state index contributed by atoms with van der Waals surface area (Å²) in [6.45, 7) is 5.77. The van der Waals surface area contributed by atoms with Crippen molar-refractivity contribution in [2.75, 3.05) is 10.7 Å². The highest BCUT2D eigenvalue weighted by Gasteiger charge is 2.76. The summed E-state index contributed by atoms with van der Waals surface area (Å²) in [5.74, 6) is -0.760. The van der Waals surface area contributed by atoms with Crippen molar-refractivity contribution in [3.8, 4) is 0 Å². The maximum atomic E-state index is 13.7. The number of hydrazone groups is 1. The van der Waals surface area contributed by atoms with Gasteiger partial charge in [0.2, 0.25) is 5.91 Å². The van der Waals surface area contributed by atoms with Gasteiger partial charge in [-0.3, -0.25) is 25.1 Å². The molecule has 2 aromatic carbocycles. The Kier molecular flexibility index (Phi) is 5.49. The van der Waals surface area contributed by atoms with Gasteiger partial charge < -0.3 is 5.32 Å². The second-order valence-corrected chi connectivity index (χ2v) is 9.99. The molecule has 2 fully saturated rings. The largest absolute Gasteiger partial charge is 0.324 e. The molecule has 2 bridgehead atoms. The Morgan fingerprint density at radius 3 is 2.36 bits per heavy atom. The monoisotopic (exact) mass is 488 g/mol. The molecule has 0 radical (unpaired) electrons. The Hall–Kier alpha value is -2.97. The molecule has 33 heavy (non-hydrogen) atoms. The summed E-state index contributed by atoms with van der Waals surface area (Å²) in [5.41, 5.74) is 1.29. The normalized spacial score (nSPS) is 26.5. The molecule has 10 heteroatoms. The zero-order chi connectivity index (χ0) is 24.2. The number of hydrogen-bond donors (Lipinski definition) is 2. The molecule has 1 amide bonds. The molecule has 0 spiro atoms. The van der Waals surface area contributed by atoms with Gasteiger partial charge in [0.25, 0.3) is 5.69 Å². The molecule has 0 aromatic heterocycles. The number of carbonyl (C=O) groups is 2. The first-order chi connectivity index (χ1) is 15.4. The van der Waals surface area contributed by atoms with E-state index in [-0.39, 0.29) is 22.2 Å². The number of ketones is 1. The number of nitrogens with zero attached hydrogens (tertiary/aromatic N) is 2. The Balaban J connectivity index is 1.66. The fourth-order valence-electron chi connectivity index (χ4n) is 5.07. The van der Waals surface area contributed by atoms with Gasteiger partial charge in [0.1, 0.15) is 11.1 Å². The van der Waals surface area contributed by atoms with Crippen molar-refractivity contribution in [3.63, 3.8) is 0 Å². The van der Waals surface area contributed by atoms with Crippen LogP contribution in [0.15, 0.2) is 47.6 Å². The number of carbonyl (C=O) groups excluding carboxylic acids is 2. The maximum absolute atomic E-state index is 13.7. The molecule has 0 saturated heterocycles. The van der Waals surface area contributed by atoms with Crippen LogP contribution in [0, 0.1) is 26.4 Å². The van der Waals surface area contributed by atoms with E-state index in [1.54, 1.807) is 12.1 Å². The number of Topliss-reactive ketones (excluding diaryl/α,β-unsaturated/α-hetero) is 1. The summed E-state index contributed by atoms with van der Waals surface area (Å²) in [6, 6.07) is 10.5. The van der Waals surface area contributed by atoms with Crippen LogP contribution in [0.5, 0.6) is 0 Å². The first kappa shape index (κ1) is 23.2. The average Bonchev–Trinajstić information content (AvgIpc) is 3.04. The fraction of sp³-hybridized carbons (Fsp3) is 0.348. The summed E-state index contributed by atoms with van der Waals surface area (Å²) < 4.78 is 0. The lowest BCUT2D eigenvalue weighted by atomic mass is 9.64. The standard InChI is InChI=1S/C23H22Cl2N4O4/c1-21(2)22(3)10-11-23(21,20(31)26-17-9-4-13(24)12-16(17)25)19(30)18(22)28-27-14-5-7-15(8-6-14)29(32)33/h4-9,12,27H,10-11H2,1-3H3,(H,26,31). The number of hydrogen-bond acceptors (Lipinski definition) is 6. The SMILES string of the molecule is CC12CCC(C(=O)Nc3ccc(Cl)cc3Cl)(C(=O)C1=NNc1ccc([N+](=O)[O-])cc1)C2(C)C. The zero-order valence-electron chi connectivity index (χ0n) is 18.2. The lowest BCUT2D eigenvalue weighted by Crippen LogP contribution is -2.47. The Labute approximate surface area is 200 Å². The molecule has 2 aromatic rings. The van der Waals surface area contributed by atoms with Gasteiger partial charge in [-0.25, -0.2) is 0 Å². The number of nitro benzene ring substituents is 1. The predicted molar refractivity (Wildman–Crippen MR) is 128 cm³/mol. The van der Waals surface area contributed by atoms with Crippen molar-refractivity contribution in [2.24, 2.45) is 21.3 Å². The van der Waals surface area contributed by atoms with E-state index in [0.29, 0.717) is 29.2 Å². The van der Waals surface area contributed by atoms with Crippen molar-refractivity contribution < 1.29 is 14.5 Å². The van der Waals surface area contributed by atoms with Crippen LogP contribution in [0.4, 0.5) is 17.1 Å². The molecule has 2 aliphatic rings. The lowest BCUT2D eigenvalue weighted by molar-refractivity contribution is -0.384. The van der Waals surface area contributed by atoms with Gasteiger partial charge in [-0.15, -0.1) is 0 Å². The fourth-order valence-corrected chi connectivity index (χ4v) is 5.53. The van der Waals surface area contributed by atoms with Crippen LogP contribution >= 0.6 is 23.2 Å². The van der Waals surface area contributed by atoms with E-state index >= 15 is 0 Å². The summed E-state index contributed by atoms with van der Waals surface area (Å²) in [7, 11) is 0. The van der Waals surface area contributed by atoms with E-state index in [2.05, 4.69) is 15.8 Å². The van der Waals surface area contributed by atoms with E-state index in [4.69, 9.17) is 23.2 Å². The van der Waals surface area contributed by atoms with E-state index < -0.39 is 27.1 Å². The quantitative estimate of drug-likeness (QED) is 0.318. The summed E-state index contributed by atoms with van der Waals surface area (Å²) >= 11 is 12.2. The maximum Gasteiger partial charge on any atom is 0.269 e. The van der Waals surface area contributed by atoms with Crippen molar-refractivity contribution in [1.82, 2.24) is 0 Å². The second kappa shape index (κ2) is 7.81. The first-order valence-corrected chi connectivity index (χ1v) is 11.1. The number of benzene rings is 2. The summed E-state index contributed by atoms with van der Waals surface area (Å²) in [4.78, 5) is 37.6. The third kappa shape index (κ3) is 3.31. The average molecular weight is 489 g/mol. The van der Waals surface area contributed by atoms with E-state index in [0.717, 1.165) is 0 Å². The Bertz CT molecular complexity index is 1210. The highest BCUT2D eigenvalue weighted by Crippen LogP contribution is 2.69. The van der Waals surface area contributed by atoms with E-state index in [1.165, 1.54) is 30.3 Å². The van der Waals surface area contributed by atoms with Crippen LogP contribution in [0.1, 0.15) is 33.6 Å². The van der Waals surface area contributed by atoms with Crippen LogP contribution in [-0.4, -0.2) is 22.3 Å². The Morgan fingerprint density at radius 2 is 1.76 bits per heavy atom. The highest BCUT2D eigenvalue weighted by atomic mass is 35.5. The number of fused-ring (bicyclic) bond motifs is 2. The molecule has 2 atom stereocenters. The van der Waals surface area contributed by atoms with Crippen LogP contribution in [0.2, 0.25) is 10.0 Å². The minimum Gasteiger partial charge on any atom is -0.324 e. The highest BCUT2D eigenvalue weighted by molar-refractivity contribution is 6.51.